The molecule has 0 aromatic carbocycles. The molecule has 0 saturated carbocycles. The summed E-state index contributed by atoms with van der Waals surface area (Å²) in [5, 5.41) is 25.0. The Morgan fingerprint density at radius 3 is 1.91 bits per heavy atom. The van der Waals surface area contributed by atoms with E-state index in [1.54, 1.807) is 6.26 Å². The summed E-state index contributed by atoms with van der Waals surface area (Å²) in [6.45, 7) is 0. The fraction of sp³-hybridized carbons (Fsp3) is 0.647. The van der Waals surface area contributed by atoms with Gasteiger partial charge >= 0.3 is 11.9 Å². The summed E-state index contributed by atoms with van der Waals surface area (Å²) in [5.41, 5.74) is 10.6. The largest absolute Gasteiger partial charge is 0.481 e. The Hall–Kier alpha value is -2.52. The maximum atomic E-state index is 12.7. The van der Waals surface area contributed by atoms with Crippen molar-refractivity contribution in [2.75, 3.05) is 17.8 Å². The molecular formula is C17H29N5O8S2. The molecule has 182 valence electrons. The number of carbonyl (C=O) groups excluding carboxylic acids is 4. The van der Waals surface area contributed by atoms with Gasteiger partial charge < -0.3 is 37.6 Å². The van der Waals surface area contributed by atoms with Gasteiger partial charge in [0.15, 0.2) is 0 Å². The van der Waals surface area contributed by atoms with Gasteiger partial charge in [0, 0.05) is 12.2 Å². The lowest BCUT2D eigenvalue weighted by atomic mass is 10.1. The van der Waals surface area contributed by atoms with Gasteiger partial charge in [0.05, 0.1) is 12.5 Å². The third-order valence-corrected chi connectivity index (χ3v) is 5.12. The van der Waals surface area contributed by atoms with Crippen LogP contribution >= 0.6 is 24.4 Å². The van der Waals surface area contributed by atoms with Crippen molar-refractivity contribution in [3.63, 3.8) is 0 Å². The van der Waals surface area contributed by atoms with Crippen molar-refractivity contribution < 1.29 is 39.0 Å². The SMILES string of the molecule is CSCCC(NC(=O)C(CC(=O)O)NC(=O)C(CCC(N)=O)NC(=O)C(N)CS)C(=O)O. The summed E-state index contributed by atoms with van der Waals surface area (Å²) in [6, 6.07) is -5.34. The zero-order valence-electron chi connectivity index (χ0n) is 17.4. The summed E-state index contributed by atoms with van der Waals surface area (Å²) < 4.78 is 0. The first-order valence-electron chi connectivity index (χ1n) is 9.42. The van der Waals surface area contributed by atoms with Crippen molar-refractivity contribution >= 4 is 60.0 Å². The van der Waals surface area contributed by atoms with Gasteiger partial charge in [0.25, 0.3) is 0 Å². The van der Waals surface area contributed by atoms with Gasteiger partial charge in [-0.1, -0.05) is 0 Å². The number of thiol groups is 1. The second kappa shape index (κ2) is 15.3. The molecule has 0 aliphatic rings. The first-order valence-corrected chi connectivity index (χ1v) is 11.4. The van der Waals surface area contributed by atoms with Crippen LogP contribution in [-0.2, 0) is 28.8 Å². The maximum Gasteiger partial charge on any atom is 0.326 e. The number of primary amides is 1. The number of carboxylic acid groups (broad SMARTS) is 2. The summed E-state index contributed by atoms with van der Waals surface area (Å²) in [6.07, 6.45) is 0.446. The summed E-state index contributed by atoms with van der Waals surface area (Å²) in [5.74, 6) is -5.88. The second-order valence-electron chi connectivity index (χ2n) is 6.70. The molecule has 0 aromatic rings. The molecule has 4 amide bonds. The first kappa shape index (κ1) is 29.5. The number of thioether (sulfide) groups is 1. The van der Waals surface area contributed by atoms with Crippen LogP contribution in [0.25, 0.3) is 0 Å². The molecule has 0 bridgehead atoms. The molecule has 0 heterocycles. The molecule has 4 unspecified atom stereocenters. The van der Waals surface area contributed by atoms with Crippen molar-refractivity contribution in [3.8, 4) is 0 Å². The molecule has 0 aliphatic carbocycles. The fourth-order valence-corrected chi connectivity index (χ4v) is 2.98. The van der Waals surface area contributed by atoms with Crippen LogP contribution in [0.4, 0.5) is 0 Å². The third kappa shape index (κ3) is 11.8. The number of hydrogen-bond donors (Lipinski definition) is 8. The summed E-state index contributed by atoms with van der Waals surface area (Å²) in [7, 11) is 0. The summed E-state index contributed by atoms with van der Waals surface area (Å²) >= 11 is 5.23. The zero-order valence-corrected chi connectivity index (χ0v) is 19.1. The highest BCUT2D eigenvalue weighted by Crippen LogP contribution is 2.05. The number of aliphatic carboxylic acids is 2. The third-order valence-electron chi connectivity index (χ3n) is 4.08. The highest BCUT2D eigenvalue weighted by atomic mass is 32.2. The quantitative estimate of drug-likeness (QED) is 0.103. The monoisotopic (exact) mass is 495 g/mol. The minimum Gasteiger partial charge on any atom is -0.481 e. The van der Waals surface area contributed by atoms with E-state index >= 15 is 0 Å². The molecule has 13 nitrogen and oxygen atoms in total. The molecule has 0 spiro atoms. The van der Waals surface area contributed by atoms with Gasteiger partial charge in [-0.05, 0) is 24.9 Å². The molecule has 0 rings (SSSR count). The molecule has 32 heavy (non-hydrogen) atoms. The molecule has 4 atom stereocenters. The topological polar surface area (TPSA) is 231 Å². The van der Waals surface area contributed by atoms with Gasteiger partial charge in [-0.25, -0.2) is 4.79 Å². The van der Waals surface area contributed by atoms with Crippen molar-refractivity contribution in [3.05, 3.63) is 0 Å². The highest BCUT2D eigenvalue weighted by molar-refractivity contribution is 7.98. The fourth-order valence-electron chi connectivity index (χ4n) is 2.34. The molecule has 0 radical (unpaired) electrons. The Balaban J connectivity index is 5.49. The van der Waals surface area contributed by atoms with E-state index in [1.807, 2.05) is 0 Å². The molecule has 0 saturated heterocycles. The van der Waals surface area contributed by atoms with E-state index in [2.05, 4.69) is 28.6 Å². The zero-order chi connectivity index (χ0) is 24.8. The molecule has 0 aromatic heterocycles. The Morgan fingerprint density at radius 1 is 0.906 bits per heavy atom. The minimum absolute atomic E-state index is 0.0351. The normalized spacial score (nSPS) is 14.3. The van der Waals surface area contributed by atoms with Crippen molar-refractivity contribution in [1.82, 2.24) is 16.0 Å². The van der Waals surface area contributed by atoms with E-state index in [-0.39, 0.29) is 25.0 Å². The number of hydrogen-bond acceptors (Lipinski definition) is 9. The molecule has 0 aliphatic heterocycles. The van der Waals surface area contributed by atoms with E-state index in [9.17, 15) is 33.9 Å². The van der Waals surface area contributed by atoms with Crippen LogP contribution in [-0.4, -0.2) is 87.7 Å². The first-order chi connectivity index (χ1) is 14.9. The van der Waals surface area contributed by atoms with E-state index in [4.69, 9.17) is 16.6 Å². The second-order valence-corrected chi connectivity index (χ2v) is 8.05. The Kier molecular flexibility index (Phi) is 14.1. The summed E-state index contributed by atoms with van der Waals surface area (Å²) in [4.78, 5) is 70.8. The Labute approximate surface area is 194 Å². The number of nitrogens with two attached hydrogens (primary N) is 2. The number of carbonyl (C=O) groups is 6. The van der Waals surface area contributed by atoms with E-state index in [0.717, 1.165) is 0 Å². The standard InChI is InChI=1S/C17H29N5O8S2/c1-32-5-4-10(17(29)30)21-16(28)11(6-13(24)25)22-15(27)9(2-3-12(19)23)20-14(26)8(18)7-31/h8-11,31H,2-7,18H2,1H3,(H2,19,23)(H,20,26)(H,21,28)(H,22,27)(H,24,25)(H,29,30). The van der Waals surface area contributed by atoms with Crippen LogP contribution < -0.4 is 27.4 Å². The predicted octanol–water partition coefficient (Wildman–Crippen LogP) is -2.72. The van der Waals surface area contributed by atoms with Gasteiger partial charge in [0.1, 0.15) is 18.1 Å². The maximum absolute atomic E-state index is 12.7. The molecule has 0 fully saturated rings. The lowest BCUT2D eigenvalue weighted by Crippen LogP contribution is -2.57. The highest BCUT2D eigenvalue weighted by Gasteiger charge is 2.31. The van der Waals surface area contributed by atoms with Crippen LogP contribution in [0.1, 0.15) is 25.7 Å². The van der Waals surface area contributed by atoms with E-state index < -0.39 is 66.2 Å². The lowest BCUT2D eigenvalue weighted by molar-refractivity contribution is -0.143. The van der Waals surface area contributed by atoms with Crippen molar-refractivity contribution in [2.24, 2.45) is 11.5 Å². The van der Waals surface area contributed by atoms with Gasteiger partial charge in [0.2, 0.25) is 23.6 Å². The smallest absolute Gasteiger partial charge is 0.326 e. The molecule has 9 N–H and O–H groups in total. The van der Waals surface area contributed by atoms with Crippen LogP contribution in [0.15, 0.2) is 0 Å². The number of rotatable bonds is 16. The van der Waals surface area contributed by atoms with Crippen LogP contribution in [0.5, 0.6) is 0 Å². The van der Waals surface area contributed by atoms with Gasteiger partial charge in [-0.15, -0.1) is 0 Å². The van der Waals surface area contributed by atoms with Crippen molar-refractivity contribution in [1.29, 1.82) is 0 Å². The van der Waals surface area contributed by atoms with Gasteiger partial charge in [-0.2, -0.15) is 24.4 Å². The van der Waals surface area contributed by atoms with Crippen LogP contribution in [0.3, 0.4) is 0 Å². The van der Waals surface area contributed by atoms with Crippen LogP contribution in [0, 0.1) is 0 Å². The Morgan fingerprint density at radius 2 is 1.44 bits per heavy atom. The number of nitrogens with one attached hydrogen (secondary N) is 3. The lowest BCUT2D eigenvalue weighted by Gasteiger charge is -2.24. The molecule has 15 heteroatoms. The average molecular weight is 496 g/mol. The van der Waals surface area contributed by atoms with E-state index in [0.29, 0.717) is 5.75 Å². The number of amides is 4. The minimum atomic E-state index is -1.64. The predicted molar refractivity (Wildman–Crippen MR) is 119 cm³/mol. The van der Waals surface area contributed by atoms with Gasteiger partial charge in [-0.3, -0.25) is 24.0 Å². The molecular weight excluding hydrogens is 466 g/mol. The van der Waals surface area contributed by atoms with E-state index in [1.165, 1.54) is 11.8 Å². The average Bonchev–Trinajstić information content (AvgIpc) is 2.71. The van der Waals surface area contributed by atoms with Crippen molar-refractivity contribution in [2.45, 2.75) is 49.9 Å². The Bertz CT molecular complexity index is 708. The van der Waals surface area contributed by atoms with Crippen LogP contribution in [0.2, 0.25) is 0 Å². The number of carboxylic acids is 2.